The molecular weight excluding hydrogens is 388 g/mol. The van der Waals surface area contributed by atoms with E-state index in [9.17, 15) is 9.59 Å². The largest absolute Gasteiger partial charge is 0.452 e. The van der Waals surface area contributed by atoms with Crippen LogP contribution in [0.2, 0.25) is 0 Å². The fraction of sp³-hybridized carbons (Fsp3) is 0.227. The molecule has 0 aliphatic heterocycles. The van der Waals surface area contributed by atoms with Crippen molar-refractivity contribution in [1.29, 1.82) is 0 Å². The van der Waals surface area contributed by atoms with Gasteiger partial charge in [-0.2, -0.15) is 0 Å². The number of aryl methyl sites for hydroxylation is 1. The summed E-state index contributed by atoms with van der Waals surface area (Å²) in [5, 5.41) is 3.96. The average Bonchev–Trinajstić information content (AvgIpc) is 3.17. The van der Waals surface area contributed by atoms with Gasteiger partial charge in [0.1, 0.15) is 5.76 Å². The number of likely N-dealkylation sites (N-methyl/N-ethyl adjacent to an activating group) is 1. The Morgan fingerprint density at radius 1 is 1.10 bits per heavy atom. The van der Waals surface area contributed by atoms with E-state index in [0.717, 1.165) is 22.0 Å². The number of rotatable bonds is 8. The lowest BCUT2D eigenvalue weighted by atomic mass is 10.2. The van der Waals surface area contributed by atoms with Gasteiger partial charge in [0.25, 0.3) is 5.91 Å². The SMILES string of the molecule is CCN(C(=O)COC(=O)c1ccccc1SCc1cc(C)on1)c1ccccc1. The number of nitrogens with zero attached hydrogens (tertiary/aromatic N) is 2. The number of hydrogen-bond donors (Lipinski definition) is 0. The molecule has 0 saturated heterocycles. The molecule has 0 radical (unpaired) electrons. The van der Waals surface area contributed by atoms with Gasteiger partial charge in [0.15, 0.2) is 6.61 Å². The molecule has 2 aromatic carbocycles. The van der Waals surface area contributed by atoms with E-state index in [1.165, 1.54) is 11.8 Å². The van der Waals surface area contributed by atoms with Crippen molar-refractivity contribution in [3.63, 3.8) is 0 Å². The fourth-order valence-corrected chi connectivity index (χ4v) is 3.71. The van der Waals surface area contributed by atoms with Crippen LogP contribution in [0, 0.1) is 6.92 Å². The van der Waals surface area contributed by atoms with Gasteiger partial charge in [-0.3, -0.25) is 4.79 Å². The molecule has 0 unspecified atom stereocenters. The molecule has 6 nitrogen and oxygen atoms in total. The predicted molar refractivity (Wildman–Crippen MR) is 112 cm³/mol. The van der Waals surface area contributed by atoms with Crippen molar-refractivity contribution in [2.24, 2.45) is 0 Å². The van der Waals surface area contributed by atoms with E-state index in [2.05, 4.69) is 5.16 Å². The number of carbonyl (C=O) groups excluding carboxylic acids is 2. The van der Waals surface area contributed by atoms with E-state index in [-0.39, 0.29) is 12.5 Å². The Kier molecular flexibility index (Phi) is 7.08. The molecule has 0 spiro atoms. The molecule has 3 rings (SSSR count). The van der Waals surface area contributed by atoms with Crippen molar-refractivity contribution in [2.45, 2.75) is 24.5 Å². The van der Waals surface area contributed by atoms with Crippen LogP contribution in [-0.2, 0) is 15.3 Å². The normalized spacial score (nSPS) is 10.6. The minimum atomic E-state index is -0.526. The molecule has 1 amide bonds. The van der Waals surface area contributed by atoms with Crippen LogP contribution in [0.4, 0.5) is 5.69 Å². The van der Waals surface area contributed by atoms with Crippen LogP contribution in [0.3, 0.4) is 0 Å². The van der Waals surface area contributed by atoms with Crippen molar-refractivity contribution < 1.29 is 18.8 Å². The minimum absolute atomic E-state index is 0.268. The Hall–Kier alpha value is -3.06. The van der Waals surface area contributed by atoms with Crippen molar-refractivity contribution in [3.05, 3.63) is 77.7 Å². The molecule has 0 aliphatic rings. The lowest BCUT2D eigenvalue weighted by molar-refractivity contribution is -0.121. The highest BCUT2D eigenvalue weighted by atomic mass is 32.2. The summed E-state index contributed by atoms with van der Waals surface area (Å²) in [5.74, 6) is 0.515. The van der Waals surface area contributed by atoms with E-state index in [4.69, 9.17) is 9.26 Å². The van der Waals surface area contributed by atoms with Gasteiger partial charge in [-0.05, 0) is 38.1 Å². The summed E-state index contributed by atoms with van der Waals surface area (Å²) < 4.78 is 10.4. The molecule has 1 aromatic heterocycles. The maximum atomic E-state index is 12.6. The van der Waals surface area contributed by atoms with Gasteiger partial charge in [0, 0.05) is 28.9 Å². The Morgan fingerprint density at radius 2 is 1.83 bits per heavy atom. The van der Waals surface area contributed by atoms with Crippen molar-refractivity contribution in [1.82, 2.24) is 5.16 Å². The topological polar surface area (TPSA) is 72.6 Å². The molecule has 0 N–H and O–H groups in total. The molecule has 150 valence electrons. The zero-order chi connectivity index (χ0) is 20.6. The number of thioether (sulfide) groups is 1. The zero-order valence-electron chi connectivity index (χ0n) is 16.3. The number of benzene rings is 2. The summed E-state index contributed by atoms with van der Waals surface area (Å²) >= 11 is 1.47. The number of aromatic nitrogens is 1. The van der Waals surface area contributed by atoms with E-state index in [1.807, 2.05) is 62.4 Å². The lowest BCUT2D eigenvalue weighted by Crippen LogP contribution is -2.34. The first-order valence-electron chi connectivity index (χ1n) is 9.25. The van der Waals surface area contributed by atoms with Gasteiger partial charge in [0.2, 0.25) is 0 Å². The van der Waals surface area contributed by atoms with Crippen LogP contribution in [-0.4, -0.2) is 30.2 Å². The van der Waals surface area contributed by atoms with Gasteiger partial charge >= 0.3 is 5.97 Å². The maximum absolute atomic E-state index is 12.6. The molecular formula is C22H22N2O4S. The smallest absolute Gasteiger partial charge is 0.339 e. The number of carbonyl (C=O) groups is 2. The standard InChI is InChI=1S/C22H22N2O4S/c1-3-24(18-9-5-4-6-10-18)21(25)14-27-22(26)19-11-7-8-12-20(19)29-15-17-13-16(2)28-23-17/h4-13H,3,14-15H2,1-2H3. The lowest BCUT2D eigenvalue weighted by Gasteiger charge is -2.20. The minimum Gasteiger partial charge on any atom is -0.452 e. The summed E-state index contributed by atoms with van der Waals surface area (Å²) in [4.78, 5) is 27.5. The molecule has 0 aliphatic carbocycles. The van der Waals surface area contributed by atoms with Crippen molar-refractivity contribution in [2.75, 3.05) is 18.1 Å². The summed E-state index contributed by atoms with van der Waals surface area (Å²) in [7, 11) is 0. The van der Waals surface area contributed by atoms with E-state index < -0.39 is 5.97 Å². The molecule has 29 heavy (non-hydrogen) atoms. The van der Waals surface area contributed by atoms with Crippen LogP contribution in [0.5, 0.6) is 0 Å². The molecule has 3 aromatic rings. The van der Waals surface area contributed by atoms with Crippen LogP contribution >= 0.6 is 11.8 Å². The maximum Gasteiger partial charge on any atom is 0.339 e. The Bertz CT molecular complexity index is 972. The molecule has 0 saturated carbocycles. The van der Waals surface area contributed by atoms with Crippen LogP contribution in [0.1, 0.15) is 28.7 Å². The van der Waals surface area contributed by atoms with Crippen molar-refractivity contribution in [3.8, 4) is 0 Å². The highest BCUT2D eigenvalue weighted by Crippen LogP contribution is 2.26. The number of para-hydroxylation sites is 1. The molecule has 7 heteroatoms. The number of ether oxygens (including phenoxy) is 1. The number of anilines is 1. The summed E-state index contributed by atoms with van der Waals surface area (Å²) in [6.07, 6.45) is 0. The first kappa shape index (κ1) is 20.7. The van der Waals surface area contributed by atoms with Crippen molar-refractivity contribution >= 4 is 29.3 Å². The van der Waals surface area contributed by atoms with E-state index in [1.54, 1.807) is 17.0 Å². The second-order valence-electron chi connectivity index (χ2n) is 6.26. The Labute approximate surface area is 173 Å². The second kappa shape index (κ2) is 9.93. The van der Waals surface area contributed by atoms with Gasteiger partial charge < -0.3 is 14.2 Å². The van der Waals surface area contributed by atoms with Gasteiger partial charge in [0.05, 0.1) is 11.3 Å². The van der Waals surface area contributed by atoms with E-state index >= 15 is 0 Å². The number of hydrogen-bond acceptors (Lipinski definition) is 6. The number of esters is 1. The monoisotopic (exact) mass is 410 g/mol. The van der Waals surface area contributed by atoms with Gasteiger partial charge in [-0.1, -0.05) is 35.5 Å². The van der Waals surface area contributed by atoms with Crippen LogP contribution < -0.4 is 4.90 Å². The number of amides is 1. The third-order valence-electron chi connectivity index (χ3n) is 4.17. The third kappa shape index (κ3) is 5.48. The molecule has 1 heterocycles. The Morgan fingerprint density at radius 3 is 2.52 bits per heavy atom. The predicted octanol–water partition coefficient (Wildman–Crippen LogP) is 4.49. The highest BCUT2D eigenvalue weighted by Gasteiger charge is 2.18. The molecule has 0 bridgehead atoms. The second-order valence-corrected chi connectivity index (χ2v) is 7.28. The summed E-state index contributed by atoms with van der Waals surface area (Å²) in [5.41, 5.74) is 2.00. The molecule has 0 atom stereocenters. The first-order chi connectivity index (χ1) is 14.1. The van der Waals surface area contributed by atoms with Gasteiger partial charge in [-0.25, -0.2) is 4.79 Å². The third-order valence-corrected chi connectivity index (χ3v) is 5.28. The molecule has 0 fully saturated rings. The highest BCUT2D eigenvalue weighted by molar-refractivity contribution is 7.98. The quantitative estimate of drug-likeness (QED) is 0.403. The van der Waals surface area contributed by atoms with Crippen LogP contribution in [0.15, 0.2) is 70.1 Å². The Balaban J connectivity index is 1.62. The zero-order valence-corrected chi connectivity index (χ0v) is 17.1. The van der Waals surface area contributed by atoms with Gasteiger partial charge in [-0.15, -0.1) is 11.8 Å². The average molecular weight is 410 g/mol. The van der Waals surface area contributed by atoms with Crippen LogP contribution in [0.25, 0.3) is 0 Å². The fourth-order valence-electron chi connectivity index (χ4n) is 2.79. The first-order valence-corrected chi connectivity index (χ1v) is 10.2. The summed E-state index contributed by atoms with van der Waals surface area (Å²) in [6, 6.07) is 18.3. The summed E-state index contributed by atoms with van der Waals surface area (Å²) in [6.45, 7) is 3.88. The van der Waals surface area contributed by atoms with E-state index in [0.29, 0.717) is 17.9 Å².